The molecule has 0 bridgehead atoms. The number of carbonyl (C=O) groups excluding carboxylic acids is 1. The molecule has 90 valence electrons. The SMILES string of the molecule is CNC(C)(CCSc1nccn1C)C(N)=O. The predicted molar refractivity (Wildman–Crippen MR) is 65.2 cm³/mol. The molecule has 0 radical (unpaired) electrons. The van der Waals surface area contributed by atoms with E-state index in [1.165, 1.54) is 0 Å². The Bertz CT molecular complexity index is 365. The number of nitrogens with one attached hydrogen (secondary N) is 1. The van der Waals surface area contributed by atoms with E-state index >= 15 is 0 Å². The summed E-state index contributed by atoms with van der Waals surface area (Å²) in [5.74, 6) is 0.473. The van der Waals surface area contributed by atoms with Gasteiger partial charge in [-0.1, -0.05) is 11.8 Å². The minimum atomic E-state index is -0.641. The van der Waals surface area contributed by atoms with E-state index in [0.29, 0.717) is 6.42 Å². The molecular weight excluding hydrogens is 224 g/mol. The highest BCUT2D eigenvalue weighted by molar-refractivity contribution is 7.99. The summed E-state index contributed by atoms with van der Waals surface area (Å²) < 4.78 is 1.95. The lowest BCUT2D eigenvalue weighted by Gasteiger charge is -2.24. The highest BCUT2D eigenvalue weighted by Crippen LogP contribution is 2.19. The van der Waals surface area contributed by atoms with Crippen molar-refractivity contribution in [1.29, 1.82) is 0 Å². The number of rotatable bonds is 6. The van der Waals surface area contributed by atoms with Gasteiger partial charge in [0, 0.05) is 25.2 Å². The number of nitrogens with zero attached hydrogens (tertiary/aromatic N) is 2. The average Bonchev–Trinajstić information content (AvgIpc) is 2.64. The molecule has 5 nitrogen and oxygen atoms in total. The van der Waals surface area contributed by atoms with Gasteiger partial charge in [-0.2, -0.15) is 0 Å². The van der Waals surface area contributed by atoms with Crippen molar-refractivity contribution in [2.45, 2.75) is 24.0 Å². The van der Waals surface area contributed by atoms with Crippen molar-refractivity contribution >= 4 is 17.7 Å². The van der Waals surface area contributed by atoms with E-state index in [-0.39, 0.29) is 5.91 Å². The van der Waals surface area contributed by atoms with Crippen LogP contribution < -0.4 is 11.1 Å². The Kier molecular flexibility index (Phi) is 4.37. The largest absolute Gasteiger partial charge is 0.368 e. The van der Waals surface area contributed by atoms with Crippen molar-refractivity contribution in [3.05, 3.63) is 12.4 Å². The molecule has 0 saturated heterocycles. The summed E-state index contributed by atoms with van der Waals surface area (Å²) in [4.78, 5) is 15.4. The van der Waals surface area contributed by atoms with Gasteiger partial charge in [-0.15, -0.1) is 0 Å². The van der Waals surface area contributed by atoms with Crippen LogP contribution in [0.1, 0.15) is 13.3 Å². The van der Waals surface area contributed by atoms with Crippen LogP contribution in [0.4, 0.5) is 0 Å². The molecule has 6 heteroatoms. The number of aryl methyl sites for hydroxylation is 1. The van der Waals surface area contributed by atoms with Crippen LogP contribution >= 0.6 is 11.8 Å². The van der Waals surface area contributed by atoms with Crippen LogP contribution in [0.15, 0.2) is 17.6 Å². The second-order valence-electron chi connectivity index (χ2n) is 3.87. The summed E-state index contributed by atoms with van der Waals surface area (Å²) in [7, 11) is 3.69. The van der Waals surface area contributed by atoms with Gasteiger partial charge in [-0.05, 0) is 20.4 Å². The maximum Gasteiger partial charge on any atom is 0.237 e. The van der Waals surface area contributed by atoms with Crippen molar-refractivity contribution in [3.63, 3.8) is 0 Å². The number of thioether (sulfide) groups is 1. The first kappa shape index (κ1) is 13.1. The van der Waals surface area contributed by atoms with Crippen molar-refractivity contribution in [2.75, 3.05) is 12.8 Å². The van der Waals surface area contributed by atoms with Crippen LogP contribution in [0, 0.1) is 0 Å². The number of nitrogens with two attached hydrogens (primary N) is 1. The topological polar surface area (TPSA) is 72.9 Å². The van der Waals surface area contributed by atoms with E-state index in [1.54, 1.807) is 25.0 Å². The number of imidazole rings is 1. The molecule has 0 aliphatic carbocycles. The lowest BCUT2D eigenvalue weighted by molar-refractivity contribution is -0.123. The zero-order valence-corrected chi connectivity index (χ0v) is 10.7. The van der Waals surface area contributed by atoms with E-state index < -0.39 is 5.54 Å². The highest BCUT2D eigenvalue weighted by Gasteiger charge is 2.28. The van der Waals surface area contributed by atoms with Gasteiger partial charge in [0.05, 0.1) is 5.54 Å². The van der Waals surface area contributed by atoms with Gasteiger partial charge >= 0.3 is 0 Å². The second-order valence-corrected chi connectivity index (χ2v) is 4.93. The second kappa shape index (κ2) is 5.36. The molecule has 1 aromatic heterocycles. The van der Waals surface area contributed by atoms with Gasteiger partial charge in [-0.3, -0.25) is 4.79 Å². The molecule has 0 aliphatic rings. The molecule has 16 heavy (non-hydrogen) atoms. The Labute approximate surface area is 99.8 Å². The fraction of sp³-hybridized carbons (Fsp3) is 0.600. The molecule has 0 saturated carbocycles. The molecule has 0 fully saturated rings. The van der Waals surface area contributed by atoms with Gasteiger partial charge in [0.2, 0.25) is 5.91 Å². The van der Waals surface area contributed by atoms with E-state index in [4.69, 9.17) is 5.73 Å². The van der Waals surface area contributed by atoms with Crippen LogP contribution in [0.25, 0.3) is 0 Å². The van der Waals surface area contributed by atoms with E-state index in [9.17, 15) is 4.79 Å². The van der Waals surface area contributed by atoms with Crippen LogP contribution in [0.5, 0.6) is 0 Å². The molecule has 1 unspecified atom stereocenters. The first-order chi connectivity index (χ1) is 7.49. The maximum atomic E-state index is 11.2. The quantitative estimate of drug-likeness (QED) is 0.707. The van der Waals surface area contributed by atoms with E-state index in [0.717, 1.165) is 10.9 Å². The fourth-order valence-corrected chi connectivity index (χ4v) is 2.30. The monoisotopic (exact) mass is 242 g/mol. The maximum absolute atomic E-state index is 11.2. The summed E-state index contributed by atoms with van der Waals surface area (Å²) in [5.41, 5.74) is 4.70. The fourth-order valence-electron chi connectivity index (χ4n) is 1.21. The van der Waals surface area contributed by atoms with Gasteiger partial charge in [0.1, 0.15) is 0 Å². The molecule has 1 aromatic rings. The van der Waals surface area contributed by atoms with Crippen molar-refractivity contribution in [1.82, 2.24) is 14.9 Å². The lowest BCUT2D eigenvalue weighted by Crippen LogP contribution is -2.51. The number of primary amides is 1. The zero-order chi connectivity index (χ0) is 12.2. The Balaban J connectivity index is 2.46. The van der Waals surface area contributed by atoms with Crippen LogP contribution in [-0.2, 0) is 11.8 Å². The van der Waals surface area contributed by atoms with E-state index in [2.05, 4.69) is 10.3 Å². The third-order valence-electron chi connectivity index (χ3n) is 2.71. The van der Waals surface area contributed by atoms with Gasteiger partial charge in [0.25, 0.3) is 0 Å². The predicted octanol–water partition coefficient (Wildman–Crippen LogP) is 0.366. The molecule has 0 spiro atoms. The Morgan fingerprint density at radius 2 is 2.44 bits per heavy atom. The average molecular weight is 242 g/mol. The Morgan fingerprint density at radius 1 is 1.75 bits per heavy atom. The van der Waals surface area contributed by atoms with Crippen LogP contribution in [0.2, 0.25) is 0 Å². The van der Waals surface area contributed by atoms with Crippen molar-refractivity contribution in [3.8, 4) is 0 Å². The first-order valence-corrected chi connectivity index (χ1v) is 6.07. The molecular formula is C10H18N4OS. The number of hydrogen-bond donors (Lipinski definition) is 2. The Hall–Kier alpha value is -1.01. The highest BCUT2D eigenvalue weighted by atomic mass is 32.2. The summed E-state index contributed by atoms with van der Waals surface area (Å²) in [6.07, 6.45) is 4.33. The van der Waals surface area contributed by atoms with Crippen molar-refractivity contribution in [2.24, 2.45) is 12.8 Å². The molecule has 0 aromatic carbocycles. The first-order valence-electron chi connectivity index (χ1n) is 5.08. The van der Waals surface area contributed by atoms with Gasteiger partial charge in [0.15, 0.2) is 5.16 Å². The Morgan fingerprint density at radius 3 is 2.88 bits per heavy atom. The number of likely N-dealkylation sites (N-methyl/N-ethyl adjacent to an activating group) is 1. The molecule has 1 atom stereocenters. The van der Waals surface area contributed by atoms with Gasteiger partial charge in [-0.25, -0.2) is 4.98 Å². The minimum absolute atomic E-state index is 0.324. The van der Waals surface area contributed by atoms with Crippen LogP contribution in [0.3, 0.4) is 0 Å². The number of hydrogen-bond acceptors (Lipinski definition) is 4. The third-order valence-corrected chi connectivity index (χ3v) is 3.77. The summed E-state index contributed by atoms with van der Waals surface area (Å²) >= 11 is 1.62. The van der Waals surface area contributed by atoms with E-state index in [1.807, 2.05) is 24.7 Å². The summed E-state index contributed by atoms with van der Waals surface area (Å²) in [5, 5.41) is 3.90. The number of amides is 1. The van der Waals surface area contributed by atoms with Crippen LogP contribution in [-0.4, -0.2) is 33.8 Å². The zero-order valence-electron chi connectivity index (χ0n) is 9.86. The number of carbonyl (C=O) groups is 1. The molecule has 1 rings (SSSR count). The molecule has 0 aliphatic heterocycles. The molecule has 1 heterocycles. The lowest BCUT2D eigenvalue weighted by atomic mass is 9.99. The van der Waals surface area contributed by atoms with Gasteiger partial charge < -0.3 is 15.6 Å². The van der Waals surface area contributed by atoms with Crippen molar-refractivity contribution < 1.29 is 4.79 Å². The smallest absolute Gasteiger partial charge is 0.237 e. The molecule has 1 amide bonds. The minimum Gasteiger partial charge on any atom is -0.368 e. The number of aromatic nitrogens is 2. The summed E-state index contributed by atoms with van der Waals surface area (Å²) in [6.45, 7) is 1.81. The summed E-state index contributed by atoms with van der Waals surface area (Å²) in [6, 6.07) is 0. The standard InChI is InChI=1S/C10H18N4OS/c1-10(12-2,8(11)15)4-7-16-9-13-5-6-14(9)3/h5-6,12H,4,7H2,1-3H3,(H2,11,15). The normalized spacial score (nSPS) is 14.7. The third kappa shape index (κ3) is 2.99. The molecule has 3 N–H and O–H groups in total.